The fourth-order valence-electron chi connectivity index (χ4n) is 4.08. The van der Waals surface area contributed by atoms with E-state index in [0.29, 0.717) is 28.9 Å². The molecule has 1 aliphatic heterocycles. The zero-order chi connectivity index (χ0) is 23.7. The number of benzene rings is 2. The second-order valence-electron chi connectivity index (χ2n) is 8.08. The Bertz CT molecular complexity index is 1350. The summed E-state index contributed by atoms with van der Waals surface area (Å²) in [4.78, 5) is 7.90. The van der Waals surface area contributed by atoms with Crippen molar-refractivity contribution in [3.63, 3.8) is 0 Å². The molecule has 172 valence electrons. The molecule has 0 aliphatic carbocycles. The maximum atomic E-state index is 13.8. The molecule has 0 radical (unpaired) electrons. The van der Waals surface area contributed by atoms with Crippen LogP contribution in [0.5, 0.6) is 0 Å². The summed E-state index contributed by atoms with van der Waals surface area (Å²) in [6, 6.07) is 18.5. The average Bonchev–Trinajstić information content (AvgIpc) is 3.54. The van der Waals surface area contributed by atoms with Crippen LogP contribution in [0.3, 0.4) is 0 Å². The van der Waals surface area contributed by atoms with Crippen molar-refractivity contribution in [2.75, 3.05) is 0 Å². The minimum absolute atomic E-state index is 0.251. The molecule has 8 heteroatoms. The number of hydrogen-bond acceptors (Lipinski definition) is 5. The highest BCUT2D eigenvalue weighted by atomic mass is 32.1. The van der Waals surface area contributed by atoms with Crippen LogP contribution in [0.2, 0.25) is 0 Å². The summed E-state index contributed by atoms with van der Waals surface area (Å²) in [5.41, 5.74) is 4.66. The smallest absolute Gasteiger partial charge is 0.258 e. The van der Waals surface area contributed by atoms with Crippen LogP contribution in [0.15, 0.2) is 76.3 Å². The molecule has 3 heterocycles. The quantitative estimate of drug-likeness (QED) is 0.317. The van der Waals surface area contributed by atoms with E-state index in [1.807, 2.05) is 13.0 Å². The summed E-state index contributed by atoms with van der Waals surface area (Å²) < 4.78 is 19.5. The number of aromatic nitrogens is 2. The Morgan fingerprint density at radius 2 is 1.97 bits per heavy atom. The second-order valence-corrected chi connectivity index (χ2v) is 9.49. The highest BCUT2D eigenvalue weighted by Crippen LogP contribution is 2.38. The molecule has 2 aromatic carbocycles. The number of aryl methyl sites for hydroxylation is 1. The van der Waals surface area contributed by atoms with Gasteiger partial charge in [-0.15, -0.1) is 11.3 Å². The lowest BCUT2D eigenvalue weighted by Crippen LogP contribution is -2.45. The lowest BCUT2D eigenvalue weighted by molar-refractivity contribution is 0.396. The molecule has 1 N–H and O–H groups in total. The van der Waals surface area contributed by atoms with Crippen molar-refractivity contribution in [2.24, 2.45) is 0 Å². The van der Waals surface area contributed by atoms with Gasteiger partial charge in [0.2, 0.25) is 5.82 Å². The highest BCUT2D eigenvalue weighted by Gasteiger charge is 2.34. The number of nitrogens with zero attached hydrogens (tertiary/aromatic N) is 3. The average molecular weight is 491 g/mol. The van der Waals surface area contributed by atoms with E-state index in [1.165, 1.54) is 22.6 Å². The van der Waals surface area contributed by atoms with Gasteiger partial charge in [0.15, 0.2) is 5.11 Å². The fraction of sp³-hybridized carbons (Fsp3) is 0.192. The molecule has 1 aliphatic rings. The summed E-state index contributed by atoms with van der Waals surface area (Å²) in [6.07, 6.45) is 0.966. The summed E-state index contributed by atoms with van der Waals surface area (Å²) in [5, 5.41) is 10.3. The number of rotatable bonds is 6. The van der Waals surface area contributed by atoms with Crippen molar-refractivity contribution in [3.05, 3.63) is 99.5 Å². The first kappa shape index (κ1) is 22.4. The van der Waals surface area contributed by atoms with Gasteiger partial charge in [-0.1, -0.05) is 54.5 Å². The van der Waals surface area contributed by atoms with Gasteiger partial charge in [-0.25, -0.2) is 4.39 Å². The lowest BCUT2D eigenvalue weighted by Gasteiger charge is -2.37. The lowest BCUT2D eigenvalue weighted by atomic mass is 9.94. The molecular weight excluding hydrogens is 467 g/mol. The van der Waals surface area contributed by atoms with Gasteiger partial charge in [-0.05, 0) is 60.3 Å². The molecule has 0 spiro atoms. The fourth-order valence-corrected chi connectivity index (χ4v) is 5.09. The van der Waals surface area contributed by atoms with Gasteiger partial charge < -0.3 is 14.7 Å². The van der Waals surface area contributed by atoms with Crippen LogP contribution in [-0.4, -0.2) is 20.2 Å². The van der Waals surface area contributed by atoms with E-state index < -0.39 is 0 Å². The zero-order valence-corrected chi connectivity index (χ0v) is 20.4. The molecule has 0 amide bonds. The van der Waals surface area contributed by atoms with Gasteiger partial charge in [0.05, 0.1) is 18.2 Å². The van der Waals surface area contributed by atoms with Crippen LogP contribution >= 0.6 is 23.6 Å². The van der Waals surface area contributed by atoms with E-state index in [2.05, 4.69) is 63.0 Å². The van der Waals surface area contributed by atoms with E-state index in [0.717, 1.165) is 23.3 Å². The Labute approximate surface area is 206 Å². The van der Waals surface area contributed by atoms with E-state index >= 15 is 0 Å². The summed E-state index contributed by atoms with van der Waals surface area (Å²) in [6.45, 7) is 4.80. The molecule has 1 unspecified atom stereocenters. The number of thiophene rings is 1. The van der Waals surface area contributed by atoms with Gasteiger partial charge >= 0.3 is 0 Å². The third kappa shape index (κ3) is 4.38. The van der Waals surface area contributed by atoms with Crippen molar-refractivity contribution in [3.8, 4) is 11.4 Å². The van der Waals surface area contributed by atoms with Crippen LogP contribution in [0, 0.1) is 5.82 Å². The molecule has 5 nitrogen and oxygen atoms in total. The van der Waals surface area contributed by atoms with Crippen LogP contribution in [-0.2, 0) is 13.0 Å². The largest absolute Gasteiger partial charge is 0.351 e. The van der Waals surface area contributed by atoms with Gasteiger partial charge in [-0.2, -0.15) is 4.98 Å². The summed E-state index contributed by atoms with van der Waals surface area (Å²) >= 11 is 7.46. The Hall–Kier alpha value is -3.36. The molecule has 0 fully saturated rings. The Balaban J connectivity index is 1.59. The van der Waals surface area contributed by atoms with Gasteiger partial charge in [0, 0.05) is 16.1 Å². The minimum Gasteiger partial charge on any atom is -0.351 e. The molecule has 4 aromatic rings. The Morgan fingerprint density at radius 1 is 1.15 bits per heavy atom. The van der Waals surface area contributed by atoms with E-state index in [4.69, 9.17) is 16.7 Å². The van der Waals surface area contributed by atoms with Crippen molar-refractivity contribution < 1.29 is 8.91 Å². The second kappa shape index (κ2) is 9.48. The first-order chi connectivity index (χ1) is 16.5. The number of thiocarbonyl (C=S) groups is 1. The third-order valence-electron chi connectivity index (χ3n) is 5.95. The highest BCUT2D eigenvalue weighted by molar-refractivity contribution is 7.80. The Kier molecular flexibility index (Phi) is 6.26. The number of hydrogen-bond donors (Lipinski definition) is 1. The van der Waals surface area contributed by atoms with Gasteiger partial charge in [0.25, 0.3) is 5.89 Å². The van der Waals surface area contributed by atoms with Crippen LogP contribution in [0.1, 0.15) is 41.8 Å². The number of halogens is 1. The first-order valence-electron chi connectivity index (χ1n) is 11.0. The molecule has 0 saturated heterocycles. The minimum atomic E-state index is -0.347. The molecule has 0 bridgehead atoms. The maximum Gasteiger partial charge on any atom is 0.258 e. The van der Waals surface area contributed by atoms with Gasteiger partial charge in [-0.3, -0.25) is 0 Å². The zero-order valence-electron chi connectivity index (χ0n) is 18.8. The normalized spacial score (nSPS) is 16.1. The number of nitrogens with one attached hydrogen (secondary N) is 1. The molecule has 0 saturated carbocycles. The topological polar surface area (TPSA) is 54.2 Å². The van der Waals surface area contributed by atoms with E-state index in [-0.39, 0.29) is 11.9 Å². The predicted octanol–water partition coefficient (Wildman–Crippen LogP) is 6.36. The predicted molar refractivity (Wildman–Crippen MR) is 136 cm³/mol. The maximum absolute atomic E-state index is 13.8. The SMILES string of the molecule is CCc1ccc(C2NC(=S)N(Cc3cccs3)C(C)=C2c2nc(-c3cccc(F)c3)no2)cc1. The number of allylic oxidation sites excluding steroid dienone is 1. The van der Waals surface area contributed by atoms with E-state index in [1.54, 1.807) is 23.5 Å². The van der Waals surface area contributed by atoms with E-state index in [9.17, 15) is 4.39 Å². The Morgan fingerprint density at radius 3 is 2.68 bits per heavy atom. The van der Waals surface area contributed by atoms with Crippen molar-refractivity contribution in [1.29, 1.82) is 0 Å². The summed E-state index contributed by atoms with van der Waals surface area (Å²) in [5.74, 6) is 0.375. The van der Waals surface area contributed by atoms with Crippen molar-refractivity contribution in [2.45, 2.75) is 32.9 Å². The molecule has 2 aromatic heterocycles. The van der Waals surface area contributed by atoms with Crippen LogP contribution in [0.4, 0.5) is 4.39 Å². The molecule has 5 rings (SSSR count). The van der Waals surface area contributed by atoms with Gasteiger partial charge in [0.1, 0.15) is 5.82 Å². The molecular formula is C26H23FN4OS2. The van der Waals surface area contributed by atoms with Crippen LogP contribution < -0.4 is 5.32 Å². The van der Waals surface area contributed by atoms with Crippen molar-refractivity contribution >= 4 is 34.2 Å². The molecule has 34 heavy (non-hydrogen) atoms. The molecule has 1 atom stereocenters. The summed E-state index contributed by atoms with van der Waals surface area (Å²) in [7, 11) is 0. The monoisotopic (exact) mass is 490 g/mol. The van der Waals surface area contributed by atoms with Crippen LogP contribution in [0.25, 0.3) is 17.0 Å². The van der Waals surface area contributed by atoms with Crippen molar-refractivity contribution in [1.82, 2.24) is 20.4 Å². The third-order valence-corrected chi connectivity index (χ3v) is 7.15. The first-order valence-corrected chi connectivity index (χ1v) is 12.3. The standard InChI is InChI=1S/C26H23FN4OS2/c1-3-17-9-11-18(12-10-17)23-22(16(2)31(26(33)28-23)15-21-8-5-13-34-21)25-29-24(30-32-25)19-6-4-7-20(27)14-19/h4-14,23H,3,15H2,1-2H3,(H,28,33).